The molecule has 1 rings (SSSR count). The van der Waals surface area contributed by atoms with Crippen LogP contribution in [-0.4, -0.2) is 21.8 Å². The van der Waals surface area contributed by atoms with Gasteiger partial charge < -0.3 is 10.2 Å². The third kappa shape index (κ3) is 2.00. The van der Waals surface area contributed by atoms with Gasteiger partial charge >= 0.3 is 0 Å². The van der Waals surface area contributed by atoms with Crippen molar-refractivity contribution in [2.75, 3.05) is 6.61 Å². The lowest BCUT2D eigenvalue weighted by Crippen LogP contribution is -2.04. The molecular weight excluding hydrogens is 142 g/mol. The molecule has 11 heavy (non-hydrogen) atoms. The summed E-state index contributed by atoms with van der Waals surface area (Å²) in [6.07, 6.45) is 0.810. The van der Waals surface area contributed by atoms with Crippen molar-refractivity contribution in [2.24, 2.45) is 0 Å². The highest BCUT2D eigenvalue weighted by molar-refractivity contribution is 5.13. The molecule has 60 valence electrons. The van der Waals surface area contributed by atoms with Crippen molar-refractivity contribution >= 4 is 0 Å². The Kier molecular flexibility index (Phi) is 2.57. The molecule has 0 saturated carbocycles. The summed E-state index contributed by atoms with van der Waals surface area (Å²) in [5.74, 6) is 0. The SMILES string of the molecule is Cc1ccc([C@@H](O)CO)nc1. The zero-order valence-corrected chi connectivity index (χ0v) is 6.36. The minimum absolute atomic E-state index is 0.282. The molecule has 0 aliphatic rings. The van der Waals surface area contributed by atoms with Crippen molar-refractivity contribution in [3.05, 3.63) is 29.6 Å². The zero-order valence-electron chi connectivity index (χ0n) is 6.36. The lowest BCUT2D eigenvalue weighted by molar-refractivity contribution is 0.0922. The first-order valence-electron chi connectivity index (χ1n) is 3.45. The molecule has 0 amide bonds. The molecule has 0 spiro atoms. The van der Waals surface area contributed by atoms with Crippen LogP contribution in [-0.2, 0) is 0 Å². The highest BCUT2D eigenvalue weighted by atomic mass is 16.3. The Morgan fingerprint density at radius 1 is 1.55 bits per heavy atom. The third-order valence-electron chi connectivity index (χ3n) is 1.45. The number of aliphatic hydroxyl groups is 2. The second kappa shape index (κ2) is 3.46. The van der Waals surface area contributed by atoms with Gasteiger partial charge in [0, 0.05) is 6.20 Å². The van der Waals surface area contributed by atoms with E-state index in [9.17, 15) is 0 Å². The summed E-state index contributed by atoms with van der Waals surface area (Å²) in [5, 5.41) is 17.7. The highest BCUT2D eigenvalue weighted by Crippen LogP contribution is 2.08. The van der Waals surface area contributed by atoms with Crippen molar-refractivity contribution in [1.29, 1.82) is 0 Å². The fourth-order valence-corrected chi connectivity index (χ4v) is 0.770. The van der Waals surface area contributed by atoms with Crippen LogP contribution >= 0.6 is 0 Å². The van der Waals surface area contributed by atoms with Crippen molar-refractivity contribution in [3.63, 3.8) is 0 Å². The molecule has 0 radical (unpaired) electrons. The fraction of sp³-hybridized carbons (Fsp3) is 0.375. The van der Waals surface area contributed by atoms with Crippen molar-refractivity contribution in [3.8, 4) is 0 Å². The lowest BCUT2D eigenvalue weighted by atomic mass is 10.2. The highest BCUT2D eigenvalue weighted by Gasteiger charge is 2.05. The van der Waals surface area contributed by atoms with Crippen molar-refractivity contribution in [1.82, 2.24) is 4.98 Å². The molecule has 3 nitrogen and oxygen atoms in total. The van der Waals surface area contributed by atoms with Crippen LogP contribution in [0.15, 0.2) is 18.3 Å². The van der Waals surface area contributed by atoms with Crippen LogP contribution in [0, 0.1) is 6.92 Å². The molecule has 0 unspecified atom stereocenters. The average molecular weight is 153 g/mol. The molecule has 0 aliphatic heterocycles. The summed E-state index contributed by atoms with van der Waals surface area (Å²) in [7, 11) is 0. The van der Waals surface area contributed by atoms with E-state index in [1.165, 1.54) is 0 Å². The Hall–Kier alpha value is -0.930. The molecule has 0 aromatic carbocycles. The maximum atomic E-state index is 9.11. The van der Waals surface area contributed by atoms with Gasteiger partial charge in [-0.1, -0.05) is 6.07 Å². The summed E-state index contributed by atoms with van der Waals surface area (Å²) in [6.45, 7) is 1.64. The fourth-order valence-electron chi connectivity index (χ4n) is 0.770. The van der Waals surface area contributed by atoms with Gasteiger partial charge in [0.1, 0.15) is 6.10 Å². The van der Waals surface area contributed by atoms with E-state index in [0.29, 0.717) is 5.69 Å². The van der Waals surface area contributed by atoms with Crippen LogP contribution in [0.3, 0.4) is 0 Å². The minimum Gasteiger partial charge on any atom is -0.393 e. The minimum atomic E-state index is -0.851. The van der Waals surface area contributed by atoms with Gasteiger partial charge in [0.05, 0.1) is 12.3 Å². The molecule has 2 N–H and O–H groups in total. The topological polar surface area (TPSA) is 53.4 Å². The third-order valence-corrected chi connectivity index (χ3v) is 1.45. The first-order chi connectivity index (χ1) is 5.24. The molecule has 1 aromatic heterocycles. The van der Waals surface area contributed by atoms with Gasteiger partial charge in [-0.25, -0.2) is 0 Å². The van der Waals surface area contributed by atoms with E-state index in [2.05, 4.69) is 4.98 Å². The number of hydrogen-bond donors (Lipinski definition) is 2. The van der Waals surface area contributed by atoms with E-state index in [-0.39, 0.29) is 6.61 Å². The quantitative estimate of drug-likeness (QED) is 0.647. The predicted octanol–water partition coefficient (Wildman–Crippen LogP) is 0.416. The first-order valence-corrected chi connectivity index (χ1v) is 3.45. The van der Waals surface area contributed by atoms with Crippen LogP contribution < -0.4 is 0 Å². The van der Waals surface area contributed by atoms with Crippen molar-refractivity contribution in [2.45, 2.75) is 13.0 Å². The van der Waals surface area contributed by atoms with E-state index in [1.54, 1.807) is 12.3 Å². The predicted molar refractivity (Wildman–Crippen MR) is 41.0 cm³/mol. The van der Waals surface area contributed by atoms with Crippen LogP contribution in [0.25, 0.3) is 0 Å². The number of aromatic nitrogens is 1. The normalized spacial score (nSPS) is 13.0. The molecular formula is C8H11NO2. The van der Waals surface area contributed by atoms with Gasteiger partial charge in [0.2, 0.25) is 0 Å². The summed E-state index contributed by atoms with van der Waals surface area (Å²) in [4.78, 5) is 3.94. The number of aryl methyl sites for hydroxylation is 1. The van der Waals surface area contributed by atoms with E-state index >= 15 is 0 Å². The van der Waals surface area contributed by atoms with Crippen LogP contribution in [0.1, 0.15) is 17.4 Å². The largest absolute Gasteiger partial charge is 0.393 e. The van der Waals surface area contributed by atoms with Gasteiger partial charge in [-0.15, -0.1) is 0 Å². The smallest absolute Gasteiger partial charge is 0.119 e. The lowest BCUT2D eigenvalue weighted by Gasteiger charge is -2.05. The average Bonchev–Trinajstić information content (AvgIpc) is 2.05. The molecule has 3 heteroatoms. The van der Waals surface area contributed by atoms with E-state index < -0.39 is 6.10 Å². The number of pyridine rings is 1. The summed E-state index contributed by atoms with van der Waals surface area (Å²) < 4.78 is 0. The van der Waals surface area contributed by atoms with Gasteiger partial charge in [0.15, 0.2) is 0 Å². The van der Waals surface area contributed by atoms with Crippen LogP contribution in [0.4, 0.5) is 0 Å². The molecule has 1 aromatic rings. The molecule has 0 aliphatic carbocycles. The summed E-state index contributed by atoms with van der Waals surface area (Å²) >= 11 is 0. The van der Waals surface area contributed by atoms with Gasteiger partial charge in [-0.2, -0.15) is 0 Å². The molecule has 0 fully saturated rings. The van der Waals surface area contributed by atoms with E-state index in [4.69, 9.17) is 10.2 Å². The summed E-state index contributed by atoms with van der Waals surface area (Å²) in [5.41, 5.74) is 1.55. The van der Waals surface area contributed by atoms with Gasteiger partial charge in [0.25, 0.3) is 0 Å². The number of nitrogens with zero attached hydrogens (tertiary/aromatic N) is 1. The maximum Gasteiger partial charge on any atom is 0.119 e. The molecule has 0 saturated heterocycles. The first kappa shape index (κ1) is 8.17. The monoisotopic (exact) mass is 153 g/mol. The second-order valence-electron chi connectivity index (χ2n) is 2.46. The Bertz CT molecular complexity index is 220. The van der Waals surface area contributed by atoms with E-state index in [0.717, 1.165) is 5.56 Å². The number of hydrogen-bond acceptors (Lipinski definition) is 3. The molecule has 1 heterocycles. The van der Waals surface area contributed by atoms with Gasteiger partial charge in [-0.05, 0) is 18.6 Å². The number of rotatable bonds is 2. The molecule has 1 atom stereocenters. The Labute approximate surface area is 65.3 Å². The van der Waals surface area contributed by atoms with Crippen LogP contribution in [0.2, 0.25) is 0 Å². The standard InChI is InChI=1S/C8H11NO2/c1-6-2-3-7(9-4-6)8(11)5-10/h2-4,8,10-11H,5H2,1H3/t8-/m0/s1. The zero-order chi connectivity index (χ0) is 8.27. The maximum absolute atomic E-state index is 9.11. The Morgan fingerprint density at radius 2 is 2.27 bits per heavy atom. The van der Waals surface area contributed by atoms with Crippen LogP contribution in [0.5, 0.6) is 0 Å². The van der Waals surface area contributed by atoms with E-state index in [1.807, 2.05) is 13.0 Å². The van der Waals surface area contributed by atoms with Gasteiger partial charge in [-0.3, -0.25) is 4.98 Å². The Balaban J connectivity index is 2.81. The Morgan fingerprint density at radius 3 is 2.73 bits per heavy atom. The summed E-state index contributed by atoms with van der Waals surface area (Å²) in [6, 6.07) is 3.55. The second-order valence-corrected chi connectivity index (χ2v) is 2.46. The molecule has 0 bridgehead atoms. The number of aliphatic hydroxyl groups excluding tert-OH is 2. The van der Waals surface area contributed by atoms with Crippen molar-refractivity contribution < 1.29 is 10.2 Å².